The fourth-order valence-corrected chi connectivity index (χ4v) is 2.85. The Balaban J connectivity index is 1.81. The first-order valence-corrected chi connectivity index (χ1v) is 10.2. The van der Waals surface area contributed by atoms with E-state index in [0.29, 0.717) is 31.2 Å². The van der Waals surface area contributed by atoms with Crippen LogP contribution in [0.4, 0.5) is 11.4 Å². The molecule has 2 rings (SSSR count). The number of nitro benzene ring substituents is 1. The van der Waals surface area contributed by atoms with Crippen LogP contribution >= 0.6 is 0 Å². The van der Waals surface area contributed by atoms with E-state index in [0.717, 1.165) is 24.2 Å². The van der Waals surface area contributed by atoms with Crippen LogP contribution in [0, 0.1) is 10.1 Å². The molecule has 2 aromatic carbocycles. The van der Waals surface area contributed by atoms with Gasteiger partial charge in [-0.25, -0.2) is 0 Å². The maximum absolute atomic E-state index is 12.1. The van der Waals surface area contributed by atoms with E-state index in [-0.39, 0.29) is 11.6 Å². The summed E-state index contributed by atoms with van der Waals surface area (Å²) >= 11 is 0. The number of amides is 1. The number of carbonyl (C=O) groups excluding carboxylic acids is 1. The average molecular weight is 427 g/mol. The van der Waals surface area contributed by atoms with Gasteiger partial charge in [0.1, 0.15) is 0 Å². The normalized spacial score (nSPS) is 11.0. The van der Waals surface area contributed by atoms with Crippen LogP contribution < -0.4 is 16.0 Å². The topological polar surface area (TPSA) is 112 Å². The van der Waals surface area contributed by atoms with Crippen molar-refractivity contribution in [1.82, 2.24) is 15.5 Å². The van der Waals surface area contributed by atoms with Gasteiger partial charge in [0, 0.05) is 63.7 Å². The first-order valence-electron chi connectivity index (χ1n) is 10.2. The van der Waals surface area contributed by atoms with Crippen molar-refractivity contribution in [3.05, 3.63) is 69.8 Å². The second-order valence-corrected chi connectivity index (χ2v) is 7.07. The molecule has 0 aliphatic heterocycles. The van der Waals surface area contributed by atoms with Crippen molar-refractivity contribution in [3.8, 4) is 0 Å². The monoisotopic (exact) mass is 426 g/mol. The van der Waals surface area contributed by atoms with E-state index in [1.807, 2.05) is 31.2 Å². The van der Waals surface area contributed by atoms with Crippen LogP contribution in [0.5, 0.6) is 0 Å². The summed E-state index contributed by atoms with van der Waals surface area (Å²) in [5.74, 6) is 0.703. The number of benzene rings is 2. The lowest BCUT2D eigenvalue weighted by Crippen LogP contribution is -2.39. The molecule has 1 amide bonds. The molecule has 3 N–H and O–H groups in total. The van der Waals surface area contributed by atoms with Gasteiger partial charge in [0.05, 0.1) is 4.92 Å². The van der Waals surface area contributed by atoms with Crippen LogP contribution in [0.1, 0.15) is 22.8 Å². The molecule has 0 saturated carbocycles. The lowest BCUT2D eigenvalue weighted by atomic mass is 10.1. The SMILES string of the molecule is CCNC(=NCCc1cccc(C(=O)N(C)C)c1)NCCNc1ccc([N+](=O)[O-])cc1. The van der Waals surface area contributed by atoms with E-state index < -0.39 is 4.92 Å². The maximum atomic E-state index is 12.1. The molecule has 9 heteroatoms. The van der Waals surface area contributed by atoms with Crippen molar-refractivity contribution in [1.29, 1.82) is 0 Å². The second kappa shape index (κ2) is 12.2. The largest absolute Gasteiger partial charge is 0.383 e. The summed E-state index contributed by atoms with van der Waals surface area (Å²) in [6.07, 6.45) is 0.728. The summed E-state index contributed by atoms with van der Waals surface area (Å²) in [7, 11) is 3.48. The predicted molar refractivity (Wildman–Crippen MR) is 124 cm³/mol. The van der Waals surface area contributed by atoms with E-state index >= 15 is 0 Å². The number of nitro groups is 1. The van der Waals surface area contributed by atoms with Gasteiger partial charge in [-0.3, -0.25) is 19.9 Å². The van der Waals surface area contributed by atoms with Crippen LogP contribution in [-0.4, -0.2) is 62.0 Å². The molecule has 0 aliphatic carbocycles. The third kappa shape index (κ3) is 7.96. The molecule has 31 heavy (non-hydrogen) atoms. The lowest BCUT2D eigenvalue weighted by Gasteiger charge is -2.13. The number of anilines is 1. The van der Waals surface area contributed by atoms with E-state index in [4.69, 9.17) is 0 Å². The highest BCUT2D eigenvalue weighted by Gasteiger charge is 2.08. The molecule has 0 saturated heterocycles. The van der Waals surface area contributed by atoms with Gasteiger partial charge in [0.2, 0.25) is 0 Å². The molecular formula is C22H30N6O3. The lowest BCUT2D eigenvalue weighted by molar-refractivity contribution is -0.384. The van der Waals surface area contributed by atoms with Crippen LogP contribution in [-0.2, 0) is 6.42 Å². The molecule has 166 valence electrons. The van der Waals surface area contributed by atoms with Crippen molar-refractivity contribution in [3.63, 3.8) is 0 Å². The summed E-state index contributed by atoms with van der Waals surface area (Å²) in [6.45, 7) is 4.61. The average Bonchev–Trinajstić information content (AvgIpc) is 2.76. The fourth-order valence-electron chi connectivity index (χ4n) is 2.85. The van der Waals surface area contributed by atoms with Gasteiger partial charge < -0.3 is 20.9 Å². The zero-order valence-corrected chi connectivity index (χ0v) is 18.2. The van der Waals surface area contributed by atoms with Crippen molar-refractivity contribution < 1.29 is 9.72 Å². The molecule has 0 bridgehead atoms. The quantitative estimate of drug-likeness (QED) is 0.177. The van der Waals surface area contributed by atoms with Gasteiger partial charge in [0.25, 0.3) is 11.6 Å². The molecule has 0 fully saturated rings. The molecule has 0 radical (unpaired) electrons. The molecule has 0 aliphatic rings. The standard InChI is InChI=1S/C22H30N6O3/c1-4-23-22(26-15-14-24-19-8-10-20(11-9-19)28(30)31)25-13-12-17-6-5-7-18(16-17)21(29)27(2)3/h5-11,16,24H,4,12-15H2,1-3H3,(H2,23,25,26). The molecule has 0 spiro atoms. The Morgan fingerprint density at radius 3 is 2.48 bits per heavy atom. The molecule has 0 unspecified atom stereocenters. The van der Waals surface area contributed by atoms with Gasteiger partial charge in [-0.15, -0.1) is 0 Å². The van der Waals surface area contributed by atoms with Crippen LogP contribution in [0.2, 0.25) is 0 Å². The van der Waals surface area contributed by atoms with Crippen molar-refractivity contribution in [2.45, 2.75) is 13.3 Å². The number of guanidine groups is 1. The number of hydrogen-bond donors (Lipinski definition) is 3. The van der Waals surface area contributed by atoms with E-state index in [2.05, 4.69) is 20.9 Å². The third-order valence-corrected chi connectivity index (χ3v) is 4.42. The second-order valence-electron chi connectivity index (χ2n) is 7.07. The minimum Gasteiger partial charge on any atom is -0.383 e. The number of hydrogen-bond acceptors (Lipinski definition) is 5. The smallest absolute Gasteiger partial charge is 0.269 e. The molecule has 0 heterocycles. The highest BCUT2D eigenvalue weighted by molar-refractivity contribution is 5.94. The highest BCUT2D eigenvalue weighted by Crippen LogP contribution is 2.14. The van der Waals surface area contributed by atoms with Crippen molar-refractivity contribution in [2.75, 3.05) is 45.6 Å². The molecule has 0 aromatic heterocycles. The Labute approximate surface area is 182 Å². The van der Waals surface area contributed by atoms with E-state index in [9.17, 15) is 14.9 Å². The number of nitrogens with one attached hydrogen (secondary N) is 3. The number of non-ortho nitro benzene ring substituents is 1. The first kappa shape index (κ1) is 23.7. The summed E-state index contributed by atoms with van der Waals surface area (Å²) < 4.78 is 0. The molecular weight excluding hydrogens is 396 g/mol. The first-order chi connectivity index (χ1) is 14.9. The maximum Gasteiger partial charge on any atom is 0.269 e. The summed E-state index contributed by atoms with van der Waals surface area (Å²) in [6, 6.07) is 13.9. The Morgan fingerprint density at radius 1 is 1.10 bits per heavy atom. The Bertz CT molecular complexity index is 896. The molecule has 9 nitrogen and oxygen atoms in total. The fraction of sp³-hybridized carbons (Fsp3) is 0.364. The van der Waals surface area contributed by atoms with Gasteiger partial charge >= 0.3 is 0 Å². The number of aliphatic imine (C=N–C) groups is 1. The summed E-state index contributed by atoms with van der Waals surface area (Å²) in [5, 5.41) is 20.4. The molecule has 0 atom stereocenters. The van der Waals surface area contributed by atoms with Gasteiger partial charge in [-0.05, 0) is 43.2 Å². The molecule has 2 aromatic rings. The highest BCUT2D eigenvalue weighted by atomic mass is 16.6. The van der Waals surface area contributed by atoms with Crippen molar-refractivity contribution in [2.24, 2.45) is 4.99 Å². The van der Waals surface area contributed by atoms with Crippen LogP contribution in [0.3, 0.4) is 0 Å². The Kier molecular flexibility index (Phi) is 9.28. The third-order valence-electron chi connectivity index (χ3n) is 4.42. The van der Waals surface area contributed by atoms with Crippen LogP contribution in [0.25, 0.3) is 0 Å². The Hall–Kier alpha value is -3.62. The van der Waals surface area contributed by atoms with E-state index in [1.54, 1.807) is 31.1 Å². The van der Waals surface area contributed by atoms with E-state index in [1.165, 1.54) is 12.1 Å². The number of rotatable bonds is 10. The van der Waals surface area contributed by atoms with Gasteiger partial charge in [-0.2, -0.15) is 0 Å². The number of nitrogens with zero attached hydrogens (tertiary/aromatic N) is 3. The zero-order chi connectivity index (χ0) is 22.6. The van der Waals surface area contributed by atoms with Crippen LogP contribution in [0.15, 0.2) is 53.5 Å². The zero-order valence-electron chi connectivity index (χ0n) is 18.2. The predicted octanol–water partition coefficient (Wildman–Crippen LogP) is 2.51. The Morgan fingerprint density at radius 2 is 1.84 bits per heavy atom. The van der Waals surface area contributed by atoms with Crippen molar-refractivity contribution >= 4 is 23.2 Å². The minimum atomic E-state index is -0.416. The number of carbonyl (C=O) groups is 1. The summed E-state index contributed by atoms with van der Waals surface area (Å²) in [5.41, 5.74) is 2.63. The van der Waals surface area contributed by atoms with Gasteiger partial charge in [0.15, 0.2) is 5.96 Å². The minimum absolute atomic E-state index is 0.0131. The summed E-state index contributed by atoms with van der Waals surface area (Å²) in [4.78, 5) is 28.5. The van der Waals surface area contributed by atoms with Gasteiger partial charge in [-0.1, -0.05) is 12.1 Å².